The Balaban J connectivity index is 2.02. The zero-order valence-electron chi connectivity index (χ0n) is 12.4. The summed E-state index contributed by atoms with van der Waals surface area (Å²) >= 11 is 3.43. The highest BCUT2D eigenvalue weighted by atomic mass is 79.9. The second-order valence-corrected chi connectivity index (χ2v) is 6.58. The van der Waals surface area contributed by atoms with Crippen molar-refractivity contribution >= 4 is 15.9 Å². The number of methoxy groups -OCH3 is 1. The van der Waals surface area contributed by atoms with Crippen molar-refractivity contribution in [3.8, 4) is 0 Å². The molecule has 0 bridgehead atoms. The average molecular weight is 341 g/mol. The lowest BCUT2D eigenvalue weighted by atomic mass is 9.81. The van der Waals surface area contributed by atoms with E-state index >= 15 is 0 Å². The van der Waals surface area contributed by atoms with E-state index in [1.807, 2.05) is 20.4 Å². The summed E-state index contributed by atoms with van der Waals surface area (Å²) in [5.41, 5.74) is 1.12. The first-order chi connectivity index (χ1) is 9.74. The predicted molar refractivity (Wildman–Crippen MR) is 85.9 cm³/mol. The van der Waals surface area contributed by atoms with E-state index < -0.39 is 0 Å². The van der Waals surface area contributed by atoms with Gasteiger partial charge >= 0.3 is 0 Å². The Labute approximate surface area is 130 Å². The summed E-state index contributed by atoms with van der Waals surface area (Å²) in [4.78, 5) is 4.49. The number of nitrogens with one attached hydrogen (secondary N) is 1. The molecule has 112 valence electrons. The minimum Gasteiger partial charge on any atom is -0.380 e. The van der Waals surface area contributed by atoms with Crippen LogP contribution in [0.5, 0.6) is 0 Å². The van der Waals surface area contributed by atoms with Gasteiger partial charge in [0.1, 0.15) is 0 Å². The smallest absolute Gasteiger partial charge is 0.0756 e. The quantitative estimate of drug-likeness (QED) is 0.859. The number of hydrogen-bond acceptors (Lipinski definition) is 3. The molecule has 0 amide bonds. The molecule has 0 radical (unpaired) electrons. The van der Waals surface area contributed by atoms with Crippen molar-refractivity contribution in [2.75, 3.05) is 14.2 Å². The first kappa shape index (κ1) is 15.9. The lowest BCUT2D eigenvalue weighted by molar-refractivity contribution is 0.00993. The topological polar surface area (TPSA) is 34.2 Å². The van der Waals surface area contributed by atoms with E-state index in [0.717, 1.165) is 16.6 Å². The van der Waals surface area contributed by atoms with Crippen LogP contribution in [0.3, 0.4) is 0 Å². The number of aromatic nitrogens is 1. The summed E-state index contributed by atoms with van der Waals surface area (Å²) in [7, 11) is 3.87. The highest BCUT2D eigenvalue weighted by Gasteiger charge is 2.30. The standard InChI is InChI=1S/C16H25BrN2O/c1-18-15(10-14-9-8-13(17)11-19-14)16(20-2)12-6-4-3-5-7-12/h8-9,11-12,15-16,18H,3-7,10H2,1-2H3. The molecule has 0 aliphatic heterocycles. The molecule has 2 rings (SSSR count). The Morgan fingerprint density at radius 3 is 2.65 bits per heavy atom. The molecule has 1 heterocycles. The van der Waals surface area contributed by atoms with Crippen molar-refractivity contribution in [3.05, 3.63) is 28.5 Å². The molecule has 3 nitrogen and oxygen atoms in total. The van der Waals surface area contributed by atoms with Gasteiger partial charge in [-0.2, -0.15) is 0 Å². The van der Waals surface area contributed by atoms with Gasteiger partial charge in [-0.3, -0.25) is 4.98 Å². The van der Waals surface area contributed by atoms with Crippen LogP contribution < -0.4 is 5.32 Å². The highest BCUT2D eigenvalue weighted by molar-refractivity contribution is 9.10. The summed E-state index contributed by atoms with van der Waals surface area (Å²) < 4.78 is 6.86. The second kappa shape index (κ2) is 8.11. The van der Waals surface area contributed by atoms with Gasteiger partial charge in [0.2, 0.25) is 0 Å². The van der Waals surface area contributed by atoms with Crippen molar-refractivity contribution in [2.45, 2.75) is 50.7 Å². The molecule has 0 saturated heterocycles. The molecule has 2 atom stereocenters. The van der Waals surface area contributed by atoms with Gasteiger partial charge in [-0.1, -0.05) is 19.3 Å². The fourth-order valence-electron chi connectivity index (χ4n) is 3.28. The molecule has 1 fully saturated rings. The van der Waals surface area contributed by atoms with E-state index in [9.17, 15) is 0 Å². The Hall–Kier alpha value is -0.450. The number of hydrogen-bond donors (Lipinski definition) is 1. The molecule has 1 aromatic heterocycles. The van der Waals surface area contributed by atoms with E-state index in [2.05, 4.69) is 38.4 Å². The van der Waals surface area contributed by atoms with Gasteiger partial charge in [0.05, 0.1) is 6.10 Å². The summed E-state index contributed by atoms with van der Waals surface area (Å²) in [5.74, 6) is 0.682. The van der Waals surface area contributed by atoms with Gasteiger partial charge < -0.3 is 10.1 Å². The molecule has 1 saturated carbocycles. The van der Waals surface area contributed by atoms with Gasteiger partial charge in [0.15, 0.2) is 0 Å². The van der Waals surface area contributed by atoms with Crippen LogP contribution in [0.15, 0.2) is 22.8 Å². The monoisotopic (exact) mass is 340 g/mol. The lowest BCUT2D eigenvalue weighted by Crippen LogP contribution is -2.45. The van der Waals surface area contributed by atoms with Crippen molar-refractivity contribution in [1.82, 2.24) is 10.3 Å². The van der Waals surface area contributed by atoms with Crippen LogP contribution in [-0.2, 0) is 11.2 Å². The molecule has 1 aromatic rings. The normalized spacial score (nSPS) is 19.8. The maximum absolute atomic E-state index is 5.84. The van der Waals surface area contributed by atoms with Crippen molar-refractivity contribution in [1.29, 1.82) is 0 Å². The summed E-state index contributed by atoms with van der Waals surface area (Å²) in [6, 6.07) is 4.47. The largest absolute Gasteiger partial charge is 0.380 e. The first-order valence-electron chi connectivity index (χ1n) is 7.55. The summed E-state index contributed by atoms with van der Waals surface area (Å²) in [5, 5.41) is 3.44. The zero-order valence-corrected chi connectivity index (χ0v) is 14.0. The Kier molecular flexibility index (Phi) is 6.46. The average Bonchev–Trinajstić information content (AvgIpc) is 2.50. The minimum atomic E-state index is 0.283. The van der Waals surface area contributed by atoms with Gasteiger partial charge in [0, 0.05) is 35.9 Å². The number of likely N-dealkylation sites (N-methyl/N-ethyl adjacent to an activating group) is 1. The van der Waals surface area contributed by atoms with Gasteiger partial charge in [-0.25, -0.2) is 0 Å². The van der Waals surface area contributed by atoms with Gasteiger partial charge in [0.25, 0.3) is 0 Å². The molecule has 1 aliphatic rings. The van der Waals surface area contributed by atoms with E-state index in [1.165, 1.54) is 32.1 Å². The van der Waals surface area contributed by atoms with E-state index in [4.69, 9.17) is 4.74 Å². The molecule has 0 aromatic carbocycles. The van der Waals surface area contributed by atoms with E-state index in [1.54, 1.807) is 0 Å². The minimum absolute atomic E-state index is 0.283. The van der Waals surface area contributed by atoms with Crippen molar-refractivity contribution < 1.29 is 4.74 Å². The summed E-state index contributed by atoms with van der Waals surface area (Å²) in [6.07, 6.45) is 9.73. The number of pyridine rings is 1. The zero-order chi connectivity index (χ0) is 14.4. The van der Waals surface area contributed by atoms with Crippen LogP contribution in [0.1, 0.15) is 37.8 Å². The maximum Gasteiger partial charge on any atom is 0.0756 e. The number of halogens is 1. The van der Waals surface area contributed by atoms with Crippen LogP contribution >= 0.6 is 15.9 Å². The maximum atomic E-state index is 5.84. The SMILES string of the molecule is CNC(Cc1ccc(Br)cn1)C(OC)C1CCCCC1. The lowest BCUT2D eigenvalue weighted by Gasteiger charge is -2.34. The number of ether oxygens (including phenoxy) is 1. The van der Waals surface area contributed by atoms with Gasteiger partial charge in [-0.05, 0) is 53.9 Å². The van der Waals surface area contributed by atoms with Crippen LogP contribution in [0.2, 0.25) is 0 Å². The van der Waals surface area contributed by atoms with Crippen molar-refractivity contribution in [3.63, 3.8) is 0 Å². The van der Waals surface area contributed by atoms with Crippen molar-refractivity contribution in [2.24, 2.45) is 5.92 Å². The molecule has 2 unspecified atom stereocenters. The first-order valence-corrected chi connectivity index (χ1v) is 8.34. The third-order valence-corrected chi connectivity index (χ3v) is 4.84. The van der Waals surface area contributed by atoms with E-state index in [0.29, 0.717) is 12.0 Å². The fourth-order valence-corrected chi connectivity index (χ4v) is 3.52. The molecular weight excluding hydrogens is 316 g/mol. The Morgan fingerprint density at radius 1 is 1.35 bits per heavy atom. The number of nitrogens with zero attached hydrogens (tertiary/aromatic N) is 1. The van der Waals surface area contributed by atoms with Crippen LogP contribution in [-0.4, -0.2) is 31.3 Å². The summed E-state index contributed by atoms with van der Waals surface area (Å²) in [6.45, 7) is 0. The Bertz CT molecular complexity index is 390. The Morgan fingerprint density at radius 2 is 2.10 bits per heavy atom. The predicted octanol–water partition coefficient (Wildman–Crippen LogP) is 3.57. The third kappa shape index (κ3) is 4.27. The third-order valence-electron chi connectivity index (χ3n) is 4.37. The van der Waals surface area contributed by atoms with Crippen LogP contribution in [0, 0.1) is 5.92 Å². The molecule has 1 aliphatic carbocycles. The van der Waals surface area contributed by atoms with Gasteiger partial charge in [-0.15, -0.1) is 0 Å². The molecule has 0 spiro atoms. The molecular formula is C16H25BrN2O. The van der Waals surface area contributed by atoms with E-state index in [-0.39, 0.29) is 6.10 Å². The molecule has 1 N–H and O–H groups in total. The molecule has 4 heteroatoms. The fraction of sp³-hybridized carbons (Fsp3) is 0.688. The molecule has 20 heavy (non-hydrogen) atoms. The van der Waals surface area contributed by atoms with Crippen LogP contribution in [0.4, 0.5) is 0 Å². The number of rotatable bonds is 6. The highest BCUT2D eigenvalue weighted by Crippen LogP contribution is 2.30. The van der Waals surface area contributed by atoms with Crippen LogP contribution in [0.25, 0.3) is 0 Å². The second-order valence-electron chi connectivity index (χ2n) is 5.67.